The summed E-state index contributed by atoms with van der Waals surface area (Å²) in [5.41, 5.74) is 0.555. The molecule has 0 unspecified atom stereocenters. The minimum absolute atomic E-state index is 0.120. The summed E-state index contributed by atoms with van der Waals surface area (Å²) in [6, 6.07) is 3.09. The molecule has 92 valence electrons. The fraction of sp³-hybridized carbons (Fsp3) is 0.364. The molecule has 1 aromatic carbocycles. The summed E-state index contributed by atoms with van der Waals surface area (Å²) >= 11 is 5.88. The van der Waals surface area contributed by atoms with E-state index in [9.17, 15) is 14.9 Å². The molecule has 1 aromatic rings. The molecular formula is C11H12ClNO4. The van der Waals surface area contributed by atoms with Crippen LogP contribution < -0.4 is 0 Å². The van der Waals surface area contributed by atoms with Crippen LogP contribution in [-0.4, -0.2) is 17.5 Å². The molecule has 5 nitrogen and oxygen atoms in total. The van der Waals surface area contributed by atoms with Gasteiger partial charge in [-0.3, -0.25) is 14.9 Å². The molecule has 1 rings (SSSR count). The molecular weight excluding hydrogens is 246 g/mol. The number of nitro benzene ring substituents is 1. The number of carbonyl (C=O) groups is 1. The minimum Gasteiger partial charge on any atom is -0.466 e. The monoisotopic (exact) mass is 257 g/mol. The van der Waals surface area contributed by atoms with Crippen LogP contribution in [0, 0.1) is 17.0 Å². The van der Waals surface area contributed by atoms with Gasteiger partial charge in [0.2, 0.25) is 0 Å². The lowest BCUT2D eigenvalue weighted by atomic mass is 10.1. The Labute approximate surface area is 103 Å². The number of hydrogen-bond donors (Lipinski definition) is 0. The molecule has 0 saturated carbocycles. The van der Waals surface area contributed by atoms with Crippen molar-refractivity contribution in [1.82, 2.24) is 0 Å². The summed E-state index contributed by atoms with van der Waals surface area (Å²) in [7, 11) is 0. The van der Waals surface area contributed by atoms with E-state index in [2.05, 4.69) is 0 Å². The van der Waals surface area contributed by atoms with Gasteiger partial charge in [-0.1, -0.05) is 17.7 Å². The van der Waals surface area contributed by atoms with Crippen LogP contribution in [0.1, 0.15) is 18.1 Å². The third-order valence-corrected chi connectivity index (χ3v) is 2.59. The number of rotatable bonds is 4. The molecule has 0 saturated heterocycles. The average molecular weight is 258 g/mol. The molecule has 0 aromatic heterocycles. The highest BCUT2D eigenvalue weighted by atomic mass is 35.5. The Morgan fingerprint density at radius 3 is 2.71 bits per heavy atom. The van der Waals surface area contributed by atoms with Gasteiger partial charge in [0.15, 0.2) is 0 Å². The van der Waals surface area contributed by atoms with Crippen molar-refractivity contribution >= 4 is 23.3 Å². The van der Waals surface area contributed by atoms with Crippen molar-refractivity contribution in [3.05, 3.63) is 38.4 Å². The Morgan fingerprint density at radius 2 is 2.18 bits per heavy atom. The third kappa shape index (κ3) is 3.17. The lowest BCUT2D eigenvalue weighted by Gasteiger charge is -2.07. The van der Waals surface area contributed by atoms with Gasteiger partial charge in [-0.15, -0.1) is 0 Å². The average Bonchev–Trinajstić information content (AvgIpc) is 2.23. The maximum atomic E-state index is 11.3. The highest BCUT2D eigenvalue weighted by Crippen LogP contribution is 2.30. The second-order valence-corrected chi connectivity index (χ2v) is 3.84. The first-order valence-corrected chi connectivity index (χ1v) is 5.43. The molecule has 17 heavy (non-hydrogen) atoms. The standard InChI is InChI=1S/C11H12ClNO4/c1-3-17-10(14)6-8-9(12)5-4-7(2)11(8)13(15)16/h4-5H,3,6H2,1-2H3. The topological polar surface area (TPSA) is 69.4 Å². The Bertz CT molecular complexity index is 459. The fourth-order valence-corrected chi connectivity index (χ4v) is 1.73. The number of aryl methyl sites for hydroxylation is 1. The Hall–Kier alpha value is -1.62. The molecule has 0 aliphatic rings. The maximum absolute atomic E-state index is 11.3. The second kappa shape index (κ2) is 5.63. The van der Waals surface area contributed by atoms with Gasteiger partial charge in [0.1, 0.15) is 0 Å². The molecule has 0 amide bonds. The molecule has 0 heterocycles. The van der Waals surface area contributed by atoms with Crippen LogP contribution in [0.3, 0.4) is 0 Å². The number of benzene rings is 1. The van der Waals surface area contributed by atoms with Crippen molar-refractivity contribution in [2.24, 2.45) is 0 Å². The molecule has 0 bridgehead atoms. The van der Waals surface area contributed by atoms with Crippen LogP contribution in [0.5, 0.6) is 0 Å². The van der Waals surface area contributed by atoms with Gasteiger partial charge in [-0.2, -0.15) is 0 Å². The molecule has 0 aliphatic carbocycles. The highest BCUT2D eigenvalue weighted by molar-refractivity contribution is 6.31. The summed E-state index contributed by atoms with van der Waals surface area (Å²) in [6.07, 6.45) is -0.190. The Morgan fingerprint density at radius 1 is 1.53 bits per heavy atom. The molecule has 0 radical (unpaired) electrons. The largest absolute Gasteiger partial charge is 0.466 e. The van der Waals surface area contributed by atoms with Gasteiger partial charge < -0.3 is 4.74 Å². The third-order valence-electron chi connectivity index (χ3n) is 2.24. The van der Waals surface area contributed by atoms with E-state index in [1.807, 2.05) is 0 Å². The maximum Gasteiger partial charge on any atom is 0.310 e. The number of halogens is 1. The van der Waals surface area contributed by atoms with Crippen LogP contribution in [0.2, 0.25) is 5.02 Å². The zero-order valence-corrected chi connectivity index (χ0v) is 10.3. The van der Waals surface area contributed by atoms with Crippen LogP contribution in [0.25, 0.3) is 0 Å². The lowest BCUT2D eigenvalue weighted by Crippen LogP contribution is -2.10. The van der Waals surface area contributed by atoms with E-state index in [1.54, 1.807) is 26.0 Å². The van der Waals surface area contributed by atoms with E-state index in [1.165, 1.54) is 0 Å². The van der Waals surface area contributed by atoms with Gasteiger partial charge in [-0.25, -0.2) is 0 Å². The lowest BCUT2D eigenvalue weighted by molar-refractivity contribution is -0.386. The predicted octanol–water partition coefficient (Wildman–Crippen LogP) is 2.66. The Kier molecular flexibility index (Phi) is 4.45. The summed E-state index contributed by atoms with van der Waals surface area (Å²) in [5, 5.41) is 11.1. The highest BCUT2D eigenvalue weighted by Gasteiger charge is 2.22. The quantitative estimate of drug-likeness (QED) is 0.472. The van der Waals surface area contributed by atoms with Crippen molar-refractivity contribution in [2.75, 3.05) is 6.61 Å². The number of ether oxygens (including phenoxy) is 1. The van der Waals surface area contributed by atoms with E-state index >= 15 is 0 Å². The predicted molar refractivity (Wildman–Crippen MR) is 63.2 cm³/mol. The number of carbonyl (C=O) groups excluding carboxylic acids is 1. The van der Waals surface area contributed by atoms with E-state index < -0.39 is 10.9 Å². The summed E-state index contributed by atoms with van der Waals surface area (Å²) in [6.45, 7) is 3.50. The number of hydrogen-bond acceptors (Lipinski definition) is 4. The minimum atomic E-state index is -0.532. The summed E-state index contributed by atoms with van der Waals surface area (Å²) in [5.74, 6) is -0.525. The van der Waals surface area contributed by atoms with Crippen molar-refractivity contribution in [3.8, 4) is 0 Å². The van der Waals surface area contributed by atoms with E-state index in [0.717, 1.165) is 0 Å². The van der Waals surface area contributed by atoms with Crippen LogP contribution >= 0.6 is 11.6 Å². The molecule has 0 N–H and O–H groups in total. The van der Waals surface area contributed by atoms with Crippen molar-refractivity contribution in [1.29, 1.82) is 0 Å². The van der Waals surface area contributed by atoms with E-state index in [4.69, 9.17) is 16.3 Å². The summed E-state index contributed by atoms with van der Waals surface area (Å²) in [4.78, 5) is 21.7. The molecule has 0 spiro atoms. The Balaban J connectivity index is 3.16. The molecule has 0 atom stereocenters. The zero-order chi connectivity index (χ0) is 13.0. The van der Waals surface area contributed by atoms with Crippen LogP contribution in [-0.2, 0) is 16.0 Å². The zero-order valence-electron chi connectivity index (χ0n) is 9.53. The fourth-order valence-electron chi connectivity index (χ4n) is 1.51. The van der Waals surface area contributed by atoms with E-state index in [0.29, 0.717) is 5.56 Å². The second-order valence-electron chi connectivity index (χ2n) is 3.43. The molecule has 0 aliphatic heterocycles. The number of nitrogens with zero attached hydrogens (tertiary/aromatic N) is 1. The first kappa shape index (κ1) is 13.4. The van der Waals surface area contributed by atoms with Gasteiger partial charge in [0.05, 0.1) is 28.5 Å². The van der Waals surface area contributed by atoms with E-state index in [-0.39, 0.29) is 29.3 Å². The van der Waals surface area contributed by atoms with Crippen molar-refractivity contribution in [3.63, 3.8) is 0 Å². The van der Waals surface area contributed by atoms with Gasteiger partial charge in [0.25, 0.3) is 5.69 Å². The van der Waals surface area contributed by atoms with Crippen LogP contribution in [0.15, 0.2) is 12.1 Å². The van der Waals surface area contributed by atoms with Gasteiger partial charge >= 0.3 is 5.97 Å². The van der Waals surface area contributed by atoms with Crippen molar-refractivity contribution < 1.29 is 14.5 Å². The smallest absolute Gasteiger partial charge is 0.310 e. The van der Waals surface area contributed by atoms with Crippen molar-refractivity contribution in [2.45, 2.75) is 20.3 Å². The number of esters is 1. The molecule has 6 heteroatoms. The van der Waals surface area contributed by atoms with Gasteiger partial charge in [0, 0.05) is 5.56 Å². The molecule has 0 fully saturated rings. The SMILES string of the molecule is CCOC(=O)Cc1c(Cl)ccc(C)c1[N+](=O)[O-]. The number of nitro groups is 1. The summed E-state index contributed by atoms with van der Waals surface area (Å²) < 4.78 is 4.76. The first-order valence-electron chi connectivity index (χ1n) is 5.05. The van der Waals surface area contributed by atoms with Gasteiger partial charge in [-0.05, 0) is 19.9 Å². The first-order chi connectivity index (χ1) is 7.97. The van der Waals surface area contributed by atoms with Crippen LogP contribution in [0.4, 0.5) is 5.69 Å². The normalized spacial score (nSPS) is 10.1.